The zero-order chi connectivity index (χ0) is 24.2. The molecule has 1 saturated heterocycles. The molecule has 0 spiro atoms. The van der Waals surface area contributed by atoms with Gasteiger partial charge in [-0.2, -0.15) is 18.2 Å². The number of fused-ring (bicyclic) bond motifs is 1. The summed E-state index contributed by atoms with van der Waals surface area (Å²) in [7, 11) is 2.88. The Kier molecular flexibility index (Phi) is 7.67. The molecule has 0 amide bonds. The smallest absolute Gasteiger partial charge is 0.462 e. The van der Waals surface area contributed by atoms with Crippen LogP contribution >= 0.6 is 0 Å². The Labute approximate surface area is 187 Å². The number of hydrogen-bond donors (Lipinski definition) is 1. The van der Waals surface area contributed by atoms with E-state index < -0.39 is 24.0 Å². The summed E-state index contributed by atoms with van der Waals surface area (Å²) in [5, 5.41) is 3.87. The van der Waals surface area contributed by atoms with Gasteiger partial charge in [-0.15, -0.1) is 11.0 Å². The number of nitrogens with zero attached hydrogens (tertiary/aromatic N) is 5. The van der Waals surface area contributed by atoms with E-state index in [1.807, 2.05) is 0 Å². The molecule has 0 bridgehead atoms. The molecule has 33 heavy (non-hydrogen) atoms. The lowest BCUT2D eigenvalue weighted by Crippen LogP contribution is -2.61. The molecule has 2 aliphatic heterocycles. The first-order valence-electron chi connectivity index (χ1n) is 10.1. The molecule has 1 aromatic rings. The molecule has 1 atom stereocenters. The number of rotatable bonds is 7. The number of halogens is 3. The van der Waals surface area contributed by atoms with Crippen LogP contribution in [0.1, 0.15) is 6.92 Å². The van der Waals surface area contributed by atoms with Crippen molar-refractivity contribution in [2.45, 2.75) is 19.4 Å². The summed E-state index contributed by atoms with van der Waals surface area (Å²) in [6.07, 6.45) is -6.30. The Balaban J connectivity index is 2.13. The van der Waals surface area contributed by atoms with Gasteiger partial charge in [0.25, 0.3) is 5.56 Å². The summed E-state index contributed by atoms with van der Waals surface area (Å²) >= 11 is 0. The minimum absolute atomic E-state index is 0.00103. The van der Waals surface area contributed by atoms with Crippen LogP contribution in [0.4, 0.5) is 24.7 Å². The summed E-state index contributed by atoms with van der Waals surface area (Å²) in [5.41, 5.74) is -0.631. The Morgan fingerprint density at radius 3 is 2.58 bits per heavy atom. The van der Waals surface area contributed by atoms with Gasteiger partial charge >= 0.3 is 18.2 Å². The predicted molar refractivity (Wildman–Crippen MR) is 111 cm³/mol. The van der Waals surface area contributed by atoms with Crippen molar-refractivity contribution in [2.75, 3.05) is 63.0 Å². The summed E-state index contributed by atoms with van der Waals surface area (Å²) in [6, 6.07) is -0.161. The topological polar surface area (TPSA) is 101 Å². The molecule has 1 N–H and O–H groups in total. The number of aromatic nitrogens is 2. The van der Waals surface area contributed by atoms with Crippen molar-refractivity contribution in [3.05, 3.63) is 10.4 Å². The summed E-state index contributed by atoms with van der Waals surface area (Å²) < 4.78 is 50.8. The highest BCUT2D eigenvalue weighted by atomic mass is 19.4. The largest absolute Gasteiger partial charge is 0.493 e. The van der Waals surface area contributed by atoms with Crippen LogP contribution in [0, 0.1) is 11.8 Å². The molecule has 0 saturated carbocycles. The zero-order valence-corrected chi connectivity index (χ0v) is 18.4. The Morgan fingerprint density at radius 2 is 1.97 bits per heavy atom. The first kappa shape index (κ1) is 24.6. The molecule has 0 radical (unpaired) electrons. The SMILES string of the molecule is CC#CCN1c2c(nc(OCCOC)n(C)c2=O)N(OC(=O)C(F)(F)F)C1N1CCNCC1. The van der Waals surface area contributed by atoms with Gasteiger partial charge in [-0.05, 0) is 6.92 Å². The second-order valence-corrected chi connectivity index (χ2v) is 7.16. The van der Waals surface area contributed by atoms with E-state index in [1.165, 1.54) is 19.1 Å². The number of ether oxygens (including phenoxy) is 2. The number of anilines is 2. The van der Waals surface area contributed by atoms with Gasteiger partial charge in [-0.1, -0.05) is 5.92 Å². The minimum atomic E-state index is -5.25. The van der Waals surface area contributed by atoms with Crippen molar-refractivity contribution in [2.24, 2.45) is 7.05 Å². The predicted octanol–water partition coefficient (Wildman–Crippen LogP) is -0.335. The van der Waals surface area contributed by atoms with Crippen molar-refractivity contribution < 1.29 is 32.3 Å². The third kappa shape index (κ3) is 5.15. The van der Waals surface area contributed by atoms with E-state index in [-0.39, 0.29) is 37.3 Å². The Bertz CT molecular complexity index is 983. The van der Waals surface area contributed by atoms with Gasteiger partial charge in [0.05, 0.1) is 13.2 Å². The average Bonchev–Trinajstić information content (AvgIpc) is 3.08. The lowest BCUT2D eigenvalue weighted by atomic mass is 10.3. The fourth-order valence-corrected chi connectivity index (χ4v) is 3.48. The number of hydroxylamine groups is 1. The van der Waals surface area contributed by atoms with E-state index in [9.17, 15) is 22.8 Å². The van der Waals surface area contributed by atoms with Crippen molar-refractivity contribution in [3.8, 4) is 17.9 Å². The van der Waals surface area contributed by atoms with Crippen LogP contribution in [0.5, 0.6) is 6.01 Å². The third-order valence-electron chi connectivity index (χ3n) is 5.03. The van der Waals surface area contributed by atoms with E-state index in [0.717, 1.165) is 9.63 Å². The van der Waals surface area contributed by atoms with Gasteiger partial charge in [0, 0.05) is 40.3 Å². The maximum atomic E-state index is 13.2. The molecule has 0 aliphatic carbocycles. The highest BCUT2D eigenvalue weighted by molar-refractivity contribution is 5.80. The molecule has 1 aromatic heterocycles. The van der Waals surface area contributed by atoms with Crippen LogP contribution in [-0.2, 0) is 21.4 Å². The second-order valence-electron chi connectivity index (χ2n) is 7.16. The van der Waals surface area contributed by atoms with Crippen LogP contribution in [0.2, 0.25) is 0 Å². The Morgan fingerprint density at radius 1 is 1.27 bits per heavy atom. The number of nitrogens with one attached hydrogen (secondary N) is 1. The molecule has 3 rings (SSSR count). The van der Waals surface area contributed by atoms with Gasteiger partial charge < -0.3 is 24.5 Å². The number of piperazine rings is 1. The third-order valence-corrected chi connectivity index (χ3v) is 5.03. The number of methoxy groups -OCH3 is 1. The van der Waals surface area contributed by atoms with Gasteiger partial charge in [0.15, 0.2) is 12.0 Å². The highest BCUT2D eigenvalue weighted by Crippen LogP contribution is 2.38. The van der Waals surface area contributed by atoms with E-state index in [2.05, 4.69) is 22.1 Å². The first-order valence-corrected chi connectivity index (χ1v) is 10.1. The molecule has 182 valence electrons. The van der Waals surface area contributed by atoms with Gasteiger partial charge in [0.2, 0.25) is 5.82 Å². The molecule has 14 heteroatoms. The van der Waals surface area contributed by atoms with Crippen molar-refractivity contribution in [1.29, 1.82) is 0 Å². The second kappa shape index (κ2) is 10.3. The minimum Gasteiger partial charge on any atom is -0.462 e. The molecule has 1 unspecified atom stereocenters. The molecular formula is C19H25F3N6O5. The standard InChI is InChI=1S/C19H25F3N6O5/c1-4-5-8-27-13-14(24-17(25(2)15(13)29)32-12-11-31-3)28(33-16(30)19(20,21)22)18(27)26-9-6-23-7-10-26/h18,23H,6-12H2,1-3H3. The molecule has 1 fully saturated rings. The van der Waals surface area contributed by atoms with E-state index >= 15 is 0 Å². The molecular weight excluding hydrogens is 449 g/mol. The zero-order valence-electron chi connectivity index (χ0n) is 18.4. The van der Waals surface area contributed by atoms with Crippen molar-refractivity contribution >= 4 is 17.5 Å². The Hall–Kier alpha value is -3.02. The normalized spacial score (nSPS) is 18.5. The molecule has 0 aromatic carbocycles. The fraction of sp³-hybridized carbons (Fsp3) is 0.632. The molecule has 2 aliphatic rings. The summed E-state index contributed by atoms with van der Waals surface area (Å²) in [5.74, 6) is 2.85. The lowest BCUT2D eigenvalue weighted by molar-refractivity contribution is -0.203. The van der Waals surface area contributed by atoms with E-state index in [1.54, 1.807) is 11.8 Å². The fourth-order valence-electron chi connectivity index (χ4n) is 3.48. The van der Waals surface area contributed by atoms with Crippen molar-refractivity contribution in [3.63, 3.8) is 0 Å². The van der Waals surface area contributed by atoms with Crippen LogP contribution < -0.4 is 25.6 Å². The summed E-state index contributed by atoms with van der Waals surface area (Å²) in [6.45, 7) is 3.79. The number of hydrogen-bond acceptors (Lipinski definition) is 10. The molecule has 3 heterocycles. The quantitative estimate of drug-likeness (QED) is 0.417. The first-order chi connectivity index (χ1) is 15.7. The average molecular weight is 474 g/mol. The summed E-state index contributed by atoms with van der Waals surface area (Å²) in [4.78, 5) is 37.3. The van der Waals surface area contributed by atoms with E-state index in [0.29, 0.717) is 26.2 Å². The van der Waals surface area contributed by atoms with Crippen molar-refractivity contribution in [1.82, 2.24) is 19.8 Å². The molecule has 11 nitrogen and oxygen atoms in total. The maximum Gasteiger partial charge on any atom is 0.493 e. The van der Waals surface area contributed by atoms with Crippen LogP contribution in [0.3, 0.4) is 0 Å². The van der Waals surface area contributed by atoms with Gasteiger partial charge in [-0.3, -0.25) is 14.3 Å². The van der Waals surface area contributed by atoms with Crippen LogP contribution in [0.15, 0.2) is 4.79 Å². The van der Waals surface area contributed by atoms with E-state index in [4.69, 9.17) is 14.3 Å². The number of carbonyl (C=O) groups is 1. The van der Waals surface area contributed by atoms with Crippen LogP contribution in [-0.4, -0.2) is 85.9 Å². The van der Waals surface area contributed by atoms with Crippen LogP contribution in [0.25, 0.3) is 0 Å². The monoisotopic (exact) mass is 474 g/mol. The highest BCUT2D eigenvalue weighted by Gasteiger charge is 2.50. The maximum absolute atomic E-state index is 13.2. The lowest BCUT2D eigenvalue weighted by Gasteiger charge is -2.40. The van der Waals surface area contributed by atoms with Gasteiger partial charge in [0.1, 0.15) is 6.61 Å². The van der Waals surface area contributed by atoms with Gasteiger partial charge in [-0.25, -0.2) is 4.79 Å². The number of carbonyl (C=O) groups excluding carboxylic acids is 1. The number of alkyl halides is 3.